The quantitative estimate of drug-likeness (QED) is 0.620. The normalized spacial score (nSPS) is 16.3. The fourth-order valence-electron chi connectivity index (χ4n) is 3.77. The number of hydrogen-bond donors (Lipinski definition) is 3. The number of piperidine rings is 1. The zero-order valence-corrected chi connectivity index (χ0v) is 18.1. The van der Waals surface area contributed by atoms with Crippen molar-refractivity contribution < 1.29 is 9.53 Å². The lowest BCUT2D eigenvalue weighted by molar-refractivity contribution is 0.0930. The van der Waals surface area contributed by atoms with Crippen molar-refractivity contribution in [2.24, 2.45) is 0 Å². The molecule has 1 fully saturated rings. The van der Waals surface area contributed by atoms with E-state index in [2.05, 4.69) is 15.6 Å². The number of carbonyl (C=O) groups is 1. The van der Waals surface area contributed by atoms with Gasteiger partial charge in [-0.3, -0.25) is 9.59 Å². The Bertz CT molecular complexity index is 933. The van der Waals surface area contributed by atoms with E-state index < -0.39 is 0 Å². The maximum Gasteiger partial charge on any atom is 0.254 e. The van der Waals surface area contributed by atoms with Crippen molar-refractivity contribution in [3.8, 4) is 17.1 Å². The van der Waals surface area contributed by atoms with Crippen molar-refractivity contribution >= 4 is 5.91 Å². The van der Waals surface area contributed by atoms with Crippen LogP contribution in [0.4, 0.5) is 0 Å². The minimum Gasteiger partial charge on any atom is -0.493 e. The van der Waals surface area contributed by atoms with E-state index >= 15 is 0 Å². The molecule has 2 heterocycles. The summed E-state index contributed by atoms with van der Waals surface area (Å²) < 4.78 is 5.89. The van der Waals surface area contributed by atoms with Crippen LogP contribution in [0.15, 0.2) is 23.0 Å². The first-order valence-corrected chi connectivity index (χ1v) is 11.0. The summed E-state index contributed by atoms with van der Waals surface area (Å²) in [5, 5.41) is 6.40. The molecule has 30 heavy (non-hydrogen) atoms. The Kier molecular flexibility index (Phi) is 7.63. The van der Waals surface area contributed by atoms with E-state index in [9.17, 15) is 9.59 Å². The van der Waals surface area contributed by atoms with Gasteiger partial charge in [-0.15, -0.1) is 0 Å². The maximum absolute atomic E-state index is 12.8. The average Bonchev–Trinajstić information content (AvgIpc) is 2.77. The Morgan fingerprint density at radius 2 is 2.10 bits per heavy atom. The molecule has 3 N–H and O–H groups in total. The number of amides is 1. The van der Waals surface area contributed by atoms with Crippen LogP contribution in [0.2, 0.25) is 0 Å². The summed E-state index contributed by atoms with van der Waals surface area (Å²) in [6.07, 6.45) is 4.17. The molecule has 1 atom stereocenters. The highest BCUT2D eigenvalue weighted by atomic mass is 16.5. The number of benzene rings is 1. The van der Waals surface area contributed by atoms with Crippen LogP contribution in [0.3, 0.4) is 0 Å². The van der Waals surface area contributed by atoms with Gasteiger partial charge in [-0.1, -0.05) is 20.8 Å². The zero-order chi connectivity index (χ0) is 21.5. The van der Waals surface area contributed by atoms with Crippen molar-refractivity contribution in [1.82, 2.24) is 20.6 Å². The van der Waals surface area contributed by atoms with E-state index in [1.807, 2.05) is 20.8 Å². The highest BCUT2D eigenvalue weighted by molar-refractivity contribution is 5.96. The Hall–Kier alpha value is -2.67. The van der Waals surface area contributed by atoms with Gasteiger partial charge in [0.1, 0.15) is 11.6 Å². The molecule has 1 aromatic carbocycles. The molecule has 1 aliphatic rings. The summed E-state index contributed by atoms with van der Waals surface area (Å²) in [7, 11) is 0. The van der Waals surface area contributed by atoms with E-state index in [-0.39, 0.29) is 17.5 Å². The van der Waals surface area contributed by atoms with Crippen molar-refractivity contribution in [3.05, 3.63) is 45.4 Å². The number of aryl methyl sites for hydroxylation is 1. The van der Waals surface area contributed by atoms with Gasteiger partial charge in [0.05, 0.1) is 17.9 Å². The molecule has 0 saturated carbocycles. The molecule has 7 heteroatoms. The minimum absolute atomic E-state index is 0.124. The van der Waals surface area contributed by atoms with E-state index in [1.165, 1.54) is 0 Å². The standard InChI is InChI=1S/C23H32N4O3/c1-4-12-30-20-10-9-15(22(28)25-16-8-7-11-24-14-16)13-18(20)21-26-19(6-3)17(5-2)23(29)27-21/h9-10,13,16,24H,4-8,11-12,14H2,1-3H3,(H,25,28)(H,26,27,29). The van der Waals surface area contributed by atoms with Crippen LogP contribution in [0.1, 0.15) is 61.6 Å². The number of aromatic amines is 1. The van der Waals surface area contributed by atoms with Gasteiger partial charge in [-0.2, -0.15) is 0 Å². The fraction of sp³-hybridized carbons (Fsp3) is 0.522. The molecule has 1 aromatic heterocycles. The predicted molar refractivity (Wildman–Crippen MR) is 118 cm³/mol. The zero-order valence-electron chi connectivity index (χ0n) is 18.1. The molecule has 0 aliphatic carbocycles. The van der Waals surface area contributed by atoms with Crippen LogP contribution in [0.5, 0.6) is 5.75 Å². The second kappa shape index (κ2) is 10.4. The molecule has 3 rings (SSSR count). The third-order valence-corrected chi connectivity index (χ3v) is 5.38. The first kappa shape index (κ1) is 22.0. The Labute approximate surface area is 177 Å². The topological polar surface area (TPSA) is 96.1 Å². The monoisotopic (exact) mass is 412 g/mol. The number of hydrogen-bond acceptors (Lipinski definition) is 5. The van der Waals surface area contributed by atoms with Gasteiger partial charge in [0.25, 0.3) is 11.5 Å². The number of carbonyl (C=O) groups excluding carboxylic acids is 1. The van der Waals surface area contributed by atoms with Gasteiger partial charge < -0.3 is 20.4 Å². The number of nitrogens with one attached hydrogen (secondary N) is 3. The lowest BCUT2D eigenvalue weighted by Crippen LogP contribution is -2.45. The number of ether oxygens (including phenoxy) is 1. The van der Waals surface area contributed by atoms with Crippen LogP contribution in [0, 0.1) is 0 Å². The maximum atomic E-state index is 12.8. The number of aromatic nitrogens is 2. The molecule has 1 amide bonds. The van der Waals surface area contributed by atoms with Gasteiger partial charge in [0, 0.05) is 23.7 Å². The van der Waals surface area contributed by atoms with E-state index in [4.69, 9.17) is 9.72 Å². The summed E-state index contributed by atoms with van der Waals surface area (Å²) in [4.78, 5) is 33.0. The van der Waals surface area contributed by atoms with Crippen LogP contribution in [-0.2, 0) is 12.8 Å². The molecule has 0 spiro atoms. The third kappa shape index (κ3) is 5.08. The molecule has 7 nitrogen and oxygen atoms in total. The summed E-state index contributed by atoms with van der Waals surface area (Å²) >= 11 is 0. The first-order valence-electron chi connectivity index (χ1n) is 11.0. The summed E-state index contributed by atoms with van der Waals surface area (Å²) in [5.41, 5.74) is 2.51. The van der Waals surface area contributed by atoms with Crippen LogP contribution in [0.25, 0.3) is 11.4 Å². The molecule has 0 bridgehead atoms. The van der Waals surface area contributed by atoms with Crippen LogP contribution in [-0.4, -0.2) is 41.6 Å². The highest BCUT2D eigenvalue weighted by Crippen LogP contribution is 2.29. The molecule has 1 saturated heterocycles. The SMILES string of the molecule is CCCOc1ccc(C(=O)NC2CCCNC2)cc1-c1nc(CC)c(CC)c(=O)[nH]1. The Morgan fingerprint density at radius 3 is 2.77 bits per heavy atom. The molecule has 0 radical (unpaired) electrons. The van der Waals surface area contributed by atoms with Crippen molar-refractivity contribution in [1.29, 1.82) is 0 Å². The van der Waals surface area contributed by atoms with Gasteiger partial charge in [0.15, 0.2) is 0 Å². The third-order valence-electron chi connectivity index (χ3n) is 5.38. The van der Waals surface area contributed by atoms with Crippen molar-refractivity contribution in [2.75, 3.05) is 19.7 Å². The number of nitrogens with zero attached hydrogens (tertiary/aromatic N) is 1. The van der Waals surface area contributed by atoms with Crippen molar-refractivity contribution in [3.63, 3.8) is 0 Å². The lowest BCUT2D eigenvalue weighted by atomic mass is 10.0. The van der Waals surface area contributed by atoms with Crippen molar-refractivity contribution in [2.45, 2.75) is 58.9 Å². The predicted octanol–water partition coefficient (Wildman–Crippen LogP) is 2.83. The Morgan fingerprint density at radius 1 is 1.27 bits per heavy atom. The van der Waals surface area contributed by atoms with Gasteiger partial charge in [0.2, 0.25) is 0 Å². The number of rotatable bonds is 8. The number of H-pyrrole nitrogens is 1. The molecule has 1 aliphatic heterocycles. The second-order valence-electron chi connectivity index (χ2n) is 7.62. The van der Waals surface area contributed by atoms with Crippen LogP contribution >= 0.6 is 0 Å². The van der Waals surface area contributed by atoms with Gasteiger partial charge in [-0.25, -0.2) is 4.98 Å². The van der Waals surface area contributed by atoms with E-state index in [1.54, 1.807) is 18.2 Å². The summed E-state index contributed by atoms with van der Waals surface area (Å²) in [5.74, 6) is 0.923. The molecule has 1 unspecified atom stereocenters. The van der Waals surface area contributed by atoms with E-state index in [0.29, 0.717) is 47.7 Å². The second-order valence-corrected chi connectivity index (χ2v) is 7.62. The molecular formula is C23H32N4O3. The highest BCUT2D eigenvalue weighted by Gasteiger charge is 2.19. The molecule has 2 aromatic rings. The summed E-state index contributed by atoms with van der Waals surface area (Å²) in [6.45, 7) is 8.29. The largest absolute Gasteiger partial charge is 0.493 e. The minimum atomic E-state index is -0.135. The Balaban J connectivity index is 1.98. The van der Waals surface area contributed by atoms with Crippen LogP contribution < -0.4 is 20.9 Å². The average molecular weight is 413 g/mol. The van der Waals surface area contributed by atoms with E-state index in [0.717, 1.165) is 38.0 Å². The molecular weight excluding hydrogens is 380 g/mol. The molecule has 162 valence electrons. The van der Waals surface area contributed by atoms with Gasteiger partial charge >= 0.3 is 0 Å². The lowest BCUT2D eigenvalue weighted by Gasteiger charge is -2.24. The smallest absolute Gasteiger partial charge is 0.254 e. The fourth-order valence-corrected chi connectivity index (χ4v) is 3.77. The van der Waals surface area contributed by atoms with Gasteiger partial charge in [-0.05, 0) is 56.8 Å². The summed E-state index contributed by atoms with van der Waals surface area (Å²) in [6, 6.07) is 5.44. The first-order chi connectivity index (χ1) is 14.6.